The van der Waals surface area contributed by atoms with E-state index < -0.39 is 32.5 Å². The molecule has 1 fully saturated rings. The van der Waals surface area contributed by atoms with Crippen LogP contribution in [0.3, 0.4) is 0 Å². The topological polar surface area (TPSA) is 132 Å². The molecule has 214 valence electrons. The number of carbonyl (C=O) groups is 1. The number of aryl methyl sites for hydroxylation is 1. The molecule has 1 aliphatic heterocycles. The SMILES string of the molecule is COc1ccc(S(=O)(=O)N(CC(=O)Nc2cc(S(=O)(=O)N3CCOCC3)ccc2OC)c2ccc(C)cc2)cc1. The molecule has 0 unspecified atom stereocenters. The smallest absolute Gasteiger partial charge is 0.264 e. The molecule has 0 aliphatic carbocycles. The van der Waals surface area contributed by atoms with Gasteiger partial charge in [-0.25, -0.2) is 16.8 Å². The van der Waals surface area contributed by atoms with Gasteiger partial charge in [-0.05, 0) is 61.5 Å². The molecular weight excluding hydrogens is 558 g/mol. The standard InChI is InChI=1S/C27H31N3O8S2/c1-20-4-6-21(7-5-20)30(40(34,35)23-10-8-22(36-2)9-11-23)19-27(31)28-25-18-24(12-13-26(25)37-3)39(32,33)29-14-16-38-17-15-29/h4-13,18H,14-17,19H2,1-3H3,(H,28,31). The molecule has 13 heteroatoms. The van der Waals surface area contributed by atoms with Crippen molar-refractivity contribution in [2.75, 3.05) is 56.7 Å². The van der Waals surface area contributed by atoms with Crippen molar-refractivity contribution >= 4 is 37.3 Å². The van der Waals surface area contributed by atoms with Gasteiger partial charge in [0.25, 0.3) is 10.0 Å². The maximum Gasteiger partial charge on any atom is 0.264 e. The zero-order chi connectivity index (χ0) is 28.9. The zero-order valence-electron chi connectivity index (χ0n) is 22.4. The molecule has 40 heavy (non-hydrogen) atoms. The van der Waals surface area contributed by atoms with Gasteiger partial charge in [-0.15, -0.1) is 0 Å². The summed E-state index contributed by atoms with van der Waals surface area (Å²) in [6.45, 7) is 2.28. The van der Waals surface area contributed by atoms with Crippen LogP contribution in [0.2, 0.25) is 0 Å². The average molecular weight is 590 g/mol. The van der Waals surface area contributed by atoms with Crippen LogP contribution in [-0.2, 0) is 29.6 Å². The molecule has 0 radical (unpaired) electrons. The molecule has 1 saturated heterocycles. The number of hydrogen-bond acceptors (Lipinski definition) is 8. The van der Waals surface area contributed by atoms with Gasteiger partial charge in [0.1, 0.15) is 18.0 Å². The normalized spacial score (nSPS) is 14.4. The predicted molar refractivity (Wildman–Crippen MR) is 150 cm³/mol. The number of nitrogens with one attached hydrogen (secondary N) is 1. The summed E-state index contributed by atoms with van der Waals surface area (Å²) < 4.78 is 71.7. The van der Waals surface area contributed by atoms with Crippen molar-refractivity contribution in [3.8, 4) is 11.5 Å². The van der Waals surface area contributed by atoms with E-state index in [-0.39, 0.29) is 53.2 Å². The summed E-state index contributed by atoms with van der Waals surface area (Å²) in [6, 6.07) is 16.7. The second-order valence-corrected chi connectivity index (χ2v) is 12.7. The maximum absolute atomic E-state index is 13.7. The largest absolute Gasteiger partial charge is 0.497 e. The zero-order valence-corrected chi connectivity index (χ0v) is 24.0. The van der Waals surface area contributed by atoms with Gasteiger partial charge in [-0.1, -0.05) is 17.7 Å². The number of carbonyl (C=O) groups excluding carboxylic acids is 1. The van der Waals surface area contributed by atoms with E-state index in [1.54, 1.807) is 24.3 Å². The first-order chi connectivity index (χ1) is 19.1. The van der Waals surface area contributed by atoms with E-state index in [1.165, 1.54) is 61.0 Å². The summed E-state index contributed by atoms with van der Waals surface area (Å²) in [7, 11) is -5.16. The Hall–Kier alpha value is -3.65. The lowest BCUT2D eigenvalue weighted by atomic mass is 10.2. The number of benzene rings is 3. The molecule has 1 amide bonds. The fourth-order valence-corrected chi connectivity index (χ4v) is 6.96. The first-order valence-corrected chi connectivity index (χ1v) is 15.2. The lowest BCUT2D eigenvalue weighted by Crippen LogP contribution is -2.40. The van der Waals surface area contributed by atoms with E-state index in [2.05, 4.69) is 5.32 Å². The molecular formula is C27H31N3O8S2. The van der Waals surface area contributed by atoms with E-state index in [1.807, 2.05) is 6.92 Å². The van der Waals surface area contributed by atoms with Gasteiger partial charge in [0, 0.05) is 13.1 Å². The summed E-state index contributed by atoms with van der Waals surface area (Å²) >= 11 is 0. The van der Waals surface area contributed by atoms with Crippen molar-refractivity contribution in [1.29, 1.82) is 0 Å². The molecule has 1 heterocycles. The van der Waals surface area contributed by atoms with Crippen LogP contribution in [0.4, 0.5) is 11.4 Å². The Kier molecular flexibility index (Phi) is 8.98. The minimum Gasteiger partial charge on any atom is -0.497 e. The third kappa shape index (κ3) is 6.39. The quantitative estimate of drug-likeness (QED) is 0.382. The third-order valence-electron chi connectivity index (χ3n) is 6.31. The van der Waals surface area contributed by atoms with Crippen LogP contribution in [0.25, 0.3) is 0 Å². The van der Waals surface area contributed by atoms with Crippen LogP contribution < -0.4 is 19.1 Å². The van der Waals surface area contributed by atoms with Crippen molar-refractivity contribution < 1.29 is 35.8 Å². The minimum atomic E-state index is -4.17. The Morgan fingerprint density at radius 1 is 0.900 bits per heavy atom. The number of rotatable bonds is 10. The molecule has 3 aromatic carbocycles. The first-order valence-electron chi connectivity index (χ1n) is 12.4. The van der Waals surface area contributed by atoms with E-state index in [0.717, 1.165) is 9.87 Å². The van der Waals surface area contributed by atoms with Crippen LogP contribution in [0, 0.1) is 6.92 Å². The fraction of sp³-hybridized carbons (Fsp3) is 0.296. The van der Waals surface area contributed by atoms with Gasteiger partial charge >= 0.3 is 0 Å². The molecule has 1 N–H and O–H groups in total. The van der Waals surface area contributed by atoms with Crippen LogP contribution in [-0.4, -0.2) is 74.1 Å². The number of nitrogens with zero attached hydrogens (tertiary/aromatic N) is 2. The number of methoxy groups -OCH3 is 2. The van der Waals surface area contributed by atoms with Crippen molar-refractivity contribution in [2.24, 2.45) is 0 Å². The molecule has 0 aromatic heterocycles. The first kappa shape index (κ1) is 29.3. The average Bonchev–Trinajstić information content (AvgIpc) is 2.97. The Labute approximate surface area is 234 Å². The Bertz CT molecular complexity index is 1550. The highest BCUT2D eigenvalue weighted by Gasteiger charge is 2.29. The Balaban J connectivity index is 1.64. The van der Waals surface area contributed by atoms with E-state index in [4.69, 9.17) is 14.2 Å². The predicted octanol–water partition coefficient (Wildman–Crippen LogP) is 2.87. The second-order valence-electron chi connectivity index (χ2n) is 8.95. The highest BCUT2D eigenvalue weighted by molar-refractivity contribution is 7.92. The molecule has 4 rings (SSSR count). The monoisotopic (exact) mass is 589 g/mol. The molecule has 0 atom stereocenters. The number of amides is 1. The van der Waals surface area contributed by atoms with Gasteiger partial charge in [0.2, 0.25) is 15.9 Å². The summed E-state index contributed by atoms with van der Waals surface area (Å²) in [5, 5.41) is 2.63. The van der Waals surface area contributed by atoms with Crippen molar-refractivity contribution in [3.63, 3.8) is 0 Å². The third-order valence-corrected chi connectivity index (χ3v) is 9.99. The molecule has 3 aromatic rings. The molecule has 0 saturated carbocycles. The number of anilines is 2. The molecule has 11 nitrogen and oxygen atoms in total. The number of sulfonamides is 2. The molecule has 0 bridgehead atoms. The highest BCUT2D eigenvalue weighted by atomic mass is 32.2. The van der Waals surface area contributed by atoms with Crippen LogP contribution in [0.1, 0.15) is 5.56 Å². The summed E-state index contributed by atoms with van der Waals surface area (Å²) in [5.74, 6) is 0.00337. The van der Waals surface area contributed by atoms with Gasteiger partial charge < -0.3 is 19.5 Å². The molecule has 1 aliphatic rings. The van der Waals surface area contributed by atoms with Crippen LogP contribution >= 0.6 is 0 Å². The number of morpholine rings is 1. The Morgan fingerprint density at radius 2 is 1.52 bits per heavy atom. The summed E-state index contributed by atoms with van der Waals surface area (Å²) in [6.07, 6.45) is 0. The van der Waals surface area contributed by atoms with Crippen LogP contribution in [0.15, 0.2) is 76.5 Å². The van der Waals surface area contributed by atoms with Gasteiger partial charge in [-0.3, -0.25) is 9.10 Å². The van der Waals surface area contributed by atoms with E-state index in [0.29, 0.717) is 5.75 Å². The Morgan fingerprint density at radius 3 is 2.12 bits per heavy atom. The van der Waals surface area contributed by atoms with Crippen LogP contribution in [0.5, 0.6) is 11.5 Å². The highest BCUT2D eigenvalue weighted by Crippen LogP contribution is 2.30. The van der Waals surface area contributed by atoms with Gasteiger partial charge in [-0.2, -0.15) is 4.31 Å². The number of hydrogen-bond donors (Lipinski definition) is 1. The minimum absolute atomic E-state index is 0.0298. The summed E-state index contributed by atoms with van der Waals surface area (Å²) in [4.78, 5) is 13.2. The van der Waals surface area contributed by atoms with Gasteiger partial charge in [0.05, 0.1) is 48.6 Å². The van der Waals surface area contributed by atoms with Crippen molar-refractivity contribution in [1.82, 2.24) is 4.31 Å². The van der Waals surface area contributed by atoms with E-state index >= 15 is 0 Å². The van der Waals surface area contributed by atoms with Crippen molar-refractivity contribution in [2.45, 2.75) is 16.7 Å². The number of ether oxygens (including phenoxy) is 3. The fourth-order valence-electron chi connectivity index (χ4n) is 4.10. The lowest BCUT2D eigenvalue weighted by molar-refractivity contribution is -0.114. The van der Waals surface area contributed by atoms with E-state index in [9.17, 15) is 21.6 Å². The summed E-state index contributed by atoms with van der Waals surface area (Å²) in [5.41, 5.74) is 1.29. The van der Waals surface area contributed by atoms with Crippen molar-refractivity contribution in [3.05, 3.63) is 72.3 Å². The second kappa shape index (κ2) is 12.3. The lowest BCUT2D eigenvalue weighted by Gasteiger charge is -2.26. The van der Waals surface area contributed by atoms with Gasteiger partial charge in [0.15, 0.2) is 0 Å². The maximum atomic E-state index is 13.7. The molecule has 0 spiro atoms.